The second-order valence-electron chi connectivity index (χ2n) is 7.38. The minimum Gasteiger partial charge on any atom is -0.454 e. The molecule has 5 rings (SSSR count). The van der Waals surface area contributed by atoms with Gasteiger partial charge in [0.15, 0.2) is 11.5 Å². The fourth-order valence-corrected chi connectivity index (χ4v) is 7.00. The number of ether oxygens (including phenoxy) is 2. The summed E-state index contributed by atoms with van der Waals surface area (Å²) in [6, 6.07) is 5.93. The third-order valence-electron chi connectivity index (χ3n) is 5.49. The molecular weight excluding hydrogens is 386 g/mol. The summed E-state index contributed by atoms with van der Waals surface area (Å²) in [5.74, 6) is 1.69. The van der Waals surface area contributed by atoms with Crippen molar-refractivity contribution in [1.82, 2.24) is 14.2 Å². The van der Waals surface area contributed by atoms with Crippen LogP contribution in [0.5, 0.6) is 11.5 Å². The third kappa shape index (κ3) is 3.12. The van der Waals surface area contributed by atoms with Gasteiger partial charge < -0.3 is 9.47 Å². The van der Waals surface area contributed by atoms with Gasteiger partial charge in [-0.2, -0.15) is 4.31 Å². The van der Waals surface area contributed by atoms with Crippen LogP contribution >= 0.6 is 11.3 Å². The lowest BCUT2D eigenvalue weighted by Gasteiger charge is -2.21. The predicted octanol–water partition coefficient (Wildman–Crippen LogP) is 1.83. The van der Waals surface area contributed by atoms with Crippen LogP contribution in [0, 0.1) is 12.8 Å². The molecule has 0 spiro atoms. The van der Waals surface area contributed by atoms with E-state index in [2.05, 4.69) is 9.88 Å². The van der Waals surface area contributed by atoms with Crippen LogP contribution in [-0.4, -0.2) is 54.3 Å². The van der Waals surface area contributed by atoms with Crippen molar-refractivity contribution in [3.63, 3.8) is 0 Å². The normalized spacial score (nSPS) is 26.6. The summed E-state index contributed by atoms with van der Waals surface area (Å²) in [5, 5.41) is 2.60. The Labute approximate surface area is 162 Å². The Bertz CT molecular complexity index is 975. The predicted molar refractivity (Wildman–Crippen MR) is 101 cm³/mol. The first-order valence-corrected chi connectivity index (χ1v) is 11.4. The smallest absolute Gasteiger partial charge is 0.231 e. The van der Waals surface area contributed by atoms with E-state index in [1.807, 2.05) is 30.5 Å². The van der Waals surface area contributed by atoms with E-state index in [1.54, 1.807) is 15.6 Å². The highest BCUT2D eigenvalue weighted by Gasteiger charge is 2.50. The van der Waals surface area contributed by atoms with Crippen molar-refractivity contribution in [2.24, 2.45) is 5.92 Å². The zero-order valence-electron chi connectivity index (χ0n) is 15.0. The van der Waals surface area contributed by atoms with Crippen LogP contribution in [0.1, 0.15) is 16.3 Å². The van der Waals surface area contributed by atoms with Gasteiger partial charge in [0, 0.05) is 37.5 Å². The van der Waals surface area contributed by atoms with Gasteiger partial charge in [-0.3, -0.25) is 4.90 Å². The quantitative estimate of drug-likeness (QED) is 0.770. The molecule has 1 aromatic carbocycles. The number of hydrogen-bond donors (Lipinski definition) is 0. The molecule has 0 N–H and O–H groups in total. The number of sulfonamides is 1. The minimum atomic E-state index is -3.28. The van der Waals surface area contributed by atoms with Crippen LogP contribution in [0.15, 0.2) is 23.6 Å². The first-order valence-electron chi connectivity index (χ1n) is 9.00. The monoisotopic (exact) mass is 407 g/mol. The lowest BCUT2D eigenvalue weighted by Crippen LogP contribution is -2.34. The fraction of sp³-hybridized carbons (Fsp3) is 0.500. The van der Waals surface area contributed by atoms with Crippen LogP contribution in [0.25, 0.3) is 0 Å². The Morgan fingerprint density at radius 1 is 1.19 bits per heavy atom. The van der Waals surface area contributed by atoms with Gasteiger partial charge >= 0.3 is 0 Å². The maximum Gasteiger partial charge on any atom is 0.231 e. The van der Waals surface area contributed by atoms with Gasteiger partial charge in [-0.15, -0.1) is 11.3 Å². The number of aromatic nitrogens is 1. The molecule has 2 fully saturated rings. The molecule has 144 valence electrons. The van der Waals surface area contributed by atoms with E-state index >= 15 is 0 Å². The van der Waals surface area contributed by atoms with Crippen LogP contribution in [0.4, 0.5) is 0 Å². The highest BCUT2D eigenvalue weighted by Crippen LogP contribution is 2.37. The molecule has 0 bridgehead atoms. The Morgan fingerprint density at radius 3 is 2.81 bits per heavy atom. The number of nitrogens with zero attached hydrogens (tertiary/aromatic N) is 3. The summed E-state index contributed by atoms with van der Waals surface area (Å²) < 4.78 is 38.4. The molecule has 4 heterocycles. The van der Waals surface area contributed by atoms with E-state index in [4.69, 9.17) is 9.47 Å². The van der Waals surface area contributed by atoms with Crippen molar-refractivity contribution < 1.29 is 17.9 Å². The highest BCUT2D eigenvalue weighted by molar-refractivity contribution is 7.90. The molecule has 0 amide bonds. The van der Waals surface area contributed by atoms with Gasteiger partial charge in [-0.1, -0.05) is 6.07 Å². The summed E-state index contributed by atoms with van der Waals surface area (Å²) in [7, 11) is -3.28. The maximum absolute atomic E-state index is 13.0. The molecule has 3 aliphatic heterocycles. The summed E-state index contributed by atoms with van der Waals surface area (Å²) in [6.45, 7) is 5.28. The van der Waals surface area contributed by atoms with E-state index in [9.17, 15) is 8.42 Å². The fourth-order valence-electron chi connectivity index (χ4n) is 4.24. The third-order valence-corrected chi connectivity index (χ3v) is 8.60. The van der Waals surface area contributed by atoms with Crippen LogP contribution in [-0.2, 0) is 23.1 Å². The SMILES string of the molecule is Cc1nc(CN2C[C@@H]3CN(Cc4ccc5c(c4)OCO5)C[C@H]3S2(=O)=O)cs1. The van der Waals surface area contributed by atoms with Crippen molar-refractivity contribution in [2.75, 3.05) is 26.4 Å². The zero-order valence-corrected chi connectivity index (χ0v) is 16.6. The van der Waals surface area contributed by atoms with Gasteiger partial charge in [-0.05, 0) is 24.6 Å². The number of fused-ring (bicyclic) bond motifs is 2. The standard InChI is InChI=1S/C18H21N3O4S2/c1-12-19-15(10-26-12)8-21-7-14-6-20(9-18(14)27(21,22)23)5-13-2-3-16-17(4-13)25-11-24-16/h2-4,10,14,18H,5-9,11H2,1H3/t14-,18+/m0/s1. The summed E-state index contributed by atoms with van der Waals surface area (Å²) in [6.07, 6.45) is 0. The molecule has 0 radical (unpaired) electrons. The summed E-state index contributed by atoms with van der Waals surface area (Å²) in [4.78, 5) is 6.64. The van der Waals surface area contributed by atoms with Gasteiger partial charge in [0.2, 0.25) is 16.8 Å². The maximum atomic E-state index is 13.0. The minimum absolute atomic E-state index is 0.156. The molecule has 0 unspecified atom stereocenters. The number of aryl methyl sites for hydroxylation is 1. The van der Waals surface area contributed by atoms with Crippen molar-refractivity contribution in [3.05, 3.63) is 39.8 Å². The van der Waals surface area contributed by atoms with E-state index in [0.717, 1.165) is 40.9 Å². The molecule has 9 heteroatoms. The molecule has 2 atom stereocenters. The second kappa shape index (κ2) is 6.44. The lowest BCUT2D eigenvalue weighted by atomic mass is 10.1. The largest absolute Gasteiger partial charge is 0.454 e. The molecule has 2 aromatic rings. The van der Waals surface area contributed by atoms with E-state index in [-0.39, 0.29) is 18.0 Å². The van der Waals surface area contributed by atoms with Crippen molar-refractivity contribution in [2.45, 2.75) is 25.3 Å². The van der Waals surface area contributed by atoms with Crippen molar-refractivity contribution in [1.29, 1.82) is 0 Å². The van der Waals surface area contributed by atoms with E-state index < -0.39 is 10.0 Å². The Hall–Kier alpha value is -1.68. The molecule has 27 heavy (non-hydrogen) atoms. The second-order valence-corrected chi connectivity index (χ2v) is 10.6. The van der Waals surface area contributed by atoms with E-state index in [0.29, 0.717) is 19.6 Å². The molecule has 0 saturated carbocycles. The van der Waals surface area contributed by atoms with Crippen LogP contribution < -0.4 is 9.47 Å². The first kappa shape index (κ1) is 17.4. The lowest BCUT2D eigenvalue weighted by molar-refractivity contribution is 0.174. The molecule has 1 aromatic heterocycles. The zero-order chi connectivity index (χ0) is 18.6. The number of hydrogen-bond acceptors (Lipinski definition) is 7. The molecule has 3 aliphatic rings. The van der Waals surface area contributed by atoms with Gasteiger partial charge in [-0.25, -0.2) is 13.4 Å². The Balaban J connectivity index is 1.26. The molecule has 7 nitrogen and oxygen atoms in total. The molecular formula is C18H21N3O4S2. The average Bonchev–Trinajstić information content (AvgIpc) is 3.37. The van der Waals surface area contributed by atoms with Crippen LogP contribution in [0.2, 0.25) is 0 Å². The topological polar surface area (TPSA) is 72.0 Å². The number of benzene rings is 1. The summed E-state index contributed by atoms with van der Waals surface area (Å²) in [5.41, 5.74) is 1.96. The van der Waals surface area contributed by atoms with Crippen molar-refractivity contribution in [3.8, 4) is 11.5 Å². The highest BCUT2D eigenvalue weighted by atomic mass is 32.2. The van der Waals surface area contributed by atoms with Crippen molar-refractivity contribution >= 4 is 21.4 Å². The first-order chi connectivity index (χ1) is 13.0. The van der Waals surface area contributed by atoms with Gasteiger partial charge in [0.05, 0.1) is 22.5 Å². The number of likely N-dealkylation sites (tertiary alicyclic amines) is 1. The molecule has 0 aliphatic carbocycles. The van der Waals surface area contributed by atoms with Gasteiger partial charge in [0.1, 0.15) is 0 Å². The van der Waals surface area contributed by atoms with Crippen LogP contribution in [0.3, 0.4) is 0 Å². The Morgan fingerprint density at radius 2 is 2.04 bits per heavy atom. The summed E-state index contributed by atoms with van der Waals surface area (Å²) >= 11 is 1.56. The number of rotatable bonds is 4. The number of thiazole rings is 1. The Kier molecular flexibility index (Phi) is 4.15. The van der Waals surface area contributed by atoms with Gasteiger partial charge in [0.25, 0.3) is 0 Å². The average molecular weight is 408 g/mol. The molecule has 2 saturated heterocycles. The van der Waals surface area contributed by atoms with E-state index in [1.165, 1.54) is 0 Å².